The van der Waals surface area contributed by atoms with Gasteiger partial charge in [0.05, 0.1) is 24.3 Å². The summed E-state index contributed by atoms with van der Waals surface area (Å²) in [6.45, 7) is 8.10. The number of aromatic nitrogens is 1. The van der Waals surface area contributed by atoms with Crippen LogP contribution in [0.1, 0.15) is 16.8 Å². The fourth-order valence-corrected chi connectivity index (χ4v) is 6.07. The number of nitrogens with zero attached hydrogens (tertiary/aromatic N) is 2. The molecule has 0 aliphatic carbocycles. The molecule has 4 heterocycles. The van der Waals surface area contributed by atoms with Crippen LogP contribution in [0.4, 0.5) is 10.1 Å². The Labute approximate surface area is 263 Å². The molecule has 234 valence electrons. The van der Waals surface area contributed by atoms with Gasteiger partial charge in [-0.05, 0) is 49.5 Å². The molecule has 2 aliphatic heterocycles. The number of allylic oxidation sites excluding steroid dienone is 3. The maximum atomic E-state index is 15.9. The number of ether oxygens (including phenoxy) is 2. The number of nitrogens with one attached hydrogen (secondary N) is 2. The summed E-state index contributed by atoms with van der Waals surface area (Å²) in [5, 5.41) is 7.62. The van der Waals surface area contributed by atoms with Gasteiger partial charge in [0.1, 0.15) is 27.9 Å². The third-order valence-electron chi connectivity index (χ3n) is 8.26. The monoisotopic (exact) mass is 621 g/mol. The second-order valence-corrected chi connectivity index (χ2v) is 11.1. The Kier molecular flexibility index (Phi) is 7.77. The van der Waals surface area contributed by atoms with Gasteiger partial charge in [-0.25, -0.2) is 4.39 Å². The number of carbonyl (C=O) groups excluding carboxylic acids is 1. The van der Waals surface area contributed by atoms with Crippen molar-refractivity contribution in [3.63, 3.8) is 0 Å². The zero-order chi connectivity index (χ0) is 31.8. The summed E-state index contributed by atoms with van der Waals surface area (Å²) in [5.74, 6) is -0.759. The predicted molar refractivity (Wildman–Crippen MR) is 176 cm³/mol. The van der Waals surface area contributed by atoms with Gasteiger partial charge in [0.2, 0.25) is 5.43 Å². The van der Waals surface area contributed by atoms with Crippen molar-refractivity contribution in [2.45, 2.75) is 6.42 Å². The number of fused-ring (bicyclic) bond motifs is 5. The van der Waals surface area contributed by atoms with E-state index >= 15 is 4.39 Å². The Hall–Kier alpha value is -5.39. The first kappa shape index (κ1) is 29.3. The van der Waals surface area contributed by atoms with Gasteiger partial charge in [0, 0.05) is 48.4 Å². The molecule has 5 aromatic rings. The fraction of sp³-hybridized carbons (Fsp3) is 0.200. The number of hydrogen-bond acceptors (Lipinski definition) is 8. The van der Waals surface area contributed by atoms with Crippen molar-refractivity contribution in [3.05, 3.63) is 107 Å². The second kappa shape index (κ2) is 12.2. The van der Waals surface area contributed by atoms with Crippen molar-refractivity contribution in [2.75, 3.05) is 44.7 Å². The number of amides is 1. The summed E-state index contributed by atoms with van der Waals surface area (Å²) >= 11 is 0. The van der Waals surface area contributed by atoms with Gasteiger partial charge in [-0.15, -0.1) is 0 Å². The molecule has 0 saturated carbocycles. The minimum atomic E-state index is -0.688. The number of morpholine rings is 1. The lowest BCUT2D eigenvalue weighted by molar-refractivity contribution is 0.0378. The molecule has 11 heteroatoms. The van der Waals surface area contributed by atoms with E-state index in [1.165, 1.54) is 24.5 Å². The van der Waals surface area contributed by atoms with E-state index in [0.29, 0.717) is 53.6 Å². The van der Waals surface area contributed by atoms with Crippen LogP contribution in [0.15, 0.2) is 94.6 Å². The molecule has 3 aromatic carbocycles. The topological polar surface area (TPSA) is 124 Å². The Bertz CT molecular complexity index is 2140. The number of para-hydroxylation sites is 1. The molecule has 0 radical (unpaired) electrons. The van der Waals surface area contributed by atoms with Crippen LogP contribution < -0.4 is 26.5 Å². The number of furan rings is 1. The van der Waals surface area contributed by atoms with Crippen LogP contribution >= 0.6 is 0 Å². The minimum absolute atomic E-state index is 0.00186. The molecule has 1 amide bonds. The van der Waals surface area contributed by atoms with E-state index in [4.69, 9.17) is 19.6 Å². The molecule has 10 nitrogen and oxygen atoms in total. The van der Waals surface area contributed by atoms with Crippen molar-refractivity contribution in [2.24, 2.45) is 5.73 Å². The third kappa shape index (κ3) is 5.19. The average Bonchev–Trinajstić information content (AvgIpc) is 3.42. The second-order valence-electron chi connectivity index (χ2n) is 11.1. The van der Waals surface area contributed by atoms with Gasteiger partial charge in [0.15, 0.2) is 17.3 Å². The number of pyridine rings is 1. The number of rotatable bonds is 9. The van der Waals surface area contributed by atoms with Crippen molar-refractivity contribution in [1.29, 1.82) is 0 Å². The van der Waals surface area contributed by atoms with Gasteiger partial charge in [-0.1, -0.05) is 30.9 Å². The van der Waals surface area contributed by atoms with Crippen LogP contribution in [0.2, 0.25) is 0 Å². The summed E-state index contributed by atoms with van der Waals surface area (Å²) < 4.78 is 35.6. The highest BCUT2D eigenvalue weighted by molar-refractivity contribution is 6.07. The molecule has 0 spiro atoms. The summed E-state index contributed by atoms with van der Waals surface area (Å²) in [5.41, 5.74) is 7.34. The van der Waals surface area contributed by atoms with E-state index in [2.05, 4.69) is 22.1 Å². The van der Waals surface area contributed by atoms with Gasteiger partial charge in [-0.3, -0.25) is 14.5 Å². The van der Waals surface area contributed by atoms with E-state index in [0.717, 1.165) is 42.9 Å². The van der Waals surface area contributed by atoms with Crippen LogP contribution in [-0.4, -0.2) is 54.8 Å². The third-order valence-corrected chi connectivity index (χ3v) is 8.26. The van der Waals surface area contributed by atoms with Gasteiger partial charge in [-0.2, -0.15) is 0 Å². The normalized spacial score (nSPS) is 14.9. The zero-order valence-electron chi connectivity index (χ0n) is 25.0. The summed E-state index contributed by atoms with van der Waals surface area (Å²) in [6, 6.07) is 12.4. The number of hydrogen-bond donors (Lipinski definition) is 3. The van der Waals surface area contributed by atoms with Crippen molar-refractivity contribution < 1.29 is 23.1 Å². The molecule has 0 bridgehead atoms. The average molecular weight is 622 g/mol. The zero-order valence-corrected chi connectivity index (χ0v) is 25.0. The summed E-state index contributed by atoms with van der Waals surface area (Å²) in [6.07, 6.45) is 7.97. The van der Waals surface area contributed by atoms with Gasteiger partial charge in [0.25, 0.3) is 5.91 Å². The number of carbonyl (C=O) groups is 1. The Balaban J connectivity index is 1.36. The SMILES string of the molecule is C=C/C=C(\C=C/N)NC(=O)c1cn2c3c(c(NCCCN4CCOCC4)c(F)cc3c1=O)Oc1cc3c(cc1-2)oc1ccccc13. The largest absolute Gasteiger partial charge is 0.456 e. The molecule has 4 N–H and O–H groups in total. The van der Waals surface area contributed by atoms with E-state index in [-0.39, 0.29) is 22.4 Å². The first-order valence-electron chi connectivity index (χ1n) is 15.1. The molecule has 0 atom stereocenters. The van der Waals surface area contributed by atoms with Gasteiger partial charge >= 0.3 is 0 Å². The Morgan fingerprint density at radius 3 is 2.72 bits per heavy atom. The lowest BCUT2D eigenvalue weighted by Gasteiger charge is -2.27. The molecule has 46 heavy (non-hydrogen) atoms. The number of halogens is 1. The maximum absolute atomic E-state index is 15.9. The molecule has 2 aromatic heterocycles. The highest BCUT2D eigenvalue weighted by Gasteiger charge is 2.29. The van der Waals surface area contributed by atoms with E-state index in [9.17, 15) is 9.59 Å². The van der Waals surface area contributed by atoms with Crippen molar-refractivity contribution >= 4 is 44.4 Å². The van der Waals surface area contributed by atoms with E-state index < -0.39 is 17.2 Å². The van der Waals surface area contributed by atoms with Crippen LogP contribution in [0.25, 0.3) is 38.5 Å². The Morgan fingerprint density at radius 2 is 1.91 bits per heavy atom. The fourth-order valence-electron chi connectivity index (χ4n) is 6.07. The lowest BCUT2D eigenvalue weighted by atomic mass is 10.0. The van der Waals surface area contributed by atoms with Crippen molar-refractivity contribution in [3.8, 4) is 17.2 Å². The van der Waals surface area contributed by atoms with Crippen LogP contribution in [0, 0.1) is 5.82 Å². The molecule has 0 unspecified atom stereocenters. The molecule has 7 rings (SSSR count). The first-order chi connectivity index (χ1) is 22.5. The molecule has 1 saturated heterocycles. The van der Waals surface area contributed by atoms with E-state index in [1.54, 1.807) is 16.7 Å². The molecule has 2 aliphatic rings. The summed E-state index contributed by atoms with van der Waals surface area (Å²) in [7, 11) is 0. The standard InChI is InChI=1S/C35H32FN5O5/c1-2-6-21(9-10-37)39-35(43)25-20-41-27-19-29-23(22-7-3-4-8-28(22)45-29)18-30(27)46-34-31(26(36)17-24(32(34)41)33(25)42)38-11-5-12-40-13-15-44-16-14-40/h2-4,6-10,17-20,38H,1,5,11-16,37H2,(H,39,43)/b10-9-,21-6+. The van der Waals surface area contributed by atoms with Crippen LogP contribution in [-0.2, 0) is 4.74 Å². The number of nitrogens with two attached hydrogens (primary N) is 1. The highest BCUT2D eigenvalue weighted by atomic mass is 19.1. The van der Waals surface area contributed by atoms with Crippen LogP contribution in [0.5, 0.6) is 11.5 Å². The van der Waals surface area contributed by atoms with Crippen LogP contribution in [0.3, 0.4) is 0 Å². The van der Waals surface area contributed by atoms with E-state index in [1.807, 2.05) is 30.3 Å². The minimum Gasteiger partial charge on any atom is -0.456 e. The predicted octanol–water partition coefficient (Wildman–Crippen LogP) is 5.54. The summed E-state index contributed by atoms with van der Waals surface area (Å²) in [4.78, 5) is 29.6. The smallest absolute Gasteiger partial charge is 0.261 e. The quantitative estimate of drug-likeness (QED) is 0.142. The number of benzene rings is 3. The Morgan fingerprint density at radius 1 is 1.09 bits per heavy atom. The lowest BCUT2D eigenvalue weighted by Crippen LogP contribution is -2.37. The number of anilines is 1. The van der Waals surface area contributed by atoms with Gasteiger partial charge < -0.3 is 34.8 Å². The van der Waals surface area contributed by atoms with Crippen molar-refractivity contribution in [1.82, 2.24) is 14.8 Å². The highest BCUT2D eigenvalue weighted by Crippen LogP contribution is 2.47. The first-order valence-corrected chi connectivity index (χ1v) is 15.1. The molecule has 1 fully saturated rings. The maximum Gasteiger partial charge on any atom is 0.261 e. The molecular formula is C35H32FN5O5. The molecular weight excluding hydrogens is 589 g/mol.